The van der Waals surface area contributed by atoms with Gasteiger partial charge in [-0.1, -0.05) is 24.3 Å². The van der Waals surface area contributed by atoms with Gasteiger partial charge in [-0.15, -0.1) is 0 Å². The molecule has 0 saturated heterocycles. The normalized spacial score (nSPS) is 11.7. The second-order valence-electron chi connectivity index (χ2n) is 6.53. The summed E-state index contributed by atoms with van der Waals surface area (Å²) in [5.74, 6) is -0.395. The van der Waals surface area contributed by atoms with Gasteiger partial charge in [-0.25, -0.2) is 12.7 Å². The summed E-state index contributed by atoms with van der Waals surface area (Å²) < 4.78 is 25.5. The molecule has 2 N–H and O–H groups in total. The number of para-hydroxylation sites is 1. The summed E-state index contributed by atoms with van der Waals surface area (Å²) >= 11 is 0. The van der Waals surface area contributed by atoms with Crippen LogP contribution in [0.15, 0.2) is 64.3 Å². The molecule has 0 saturated carbocycles. The van der Waals surface area contributed by atoms with Crippen molar-refractivity contribution in [2.75, 3.05) is 20.6 Å². The number of pyridine rings is 1. The van der Waals surface area contributed by atoms with Crippen molar-refractivity contribution in [1.82, 2.24) is 14.6 Å². The van der Waals surface area contributed by atoms with Crippen molar-refractivity contribution < 1.29 is 13.2 Å². The number of carbonyl (C=O) groups is 1. The number of hydrogen-bond acceptors (Lipinski definition) is 4. The van der Waals surface area contributed by atoms with Crippen molar-refractivity contribution in [3.8, 4) is 0 Å². The Morgan fingerprint density at radius 2 is 1.82 bits per heavy atom. The fourth-order valence-electron chi connectivity index (χ4n) is 2.80. The lowest BCUT2D eigenvalue weighted by atomic mass is 10.1. The number of aromatic nitrogens is 1. The van der Waals surface area contributed by atoms with E-state index in [1.807, 2.05) is 30.3 Å². The summed E-state index contributed by atoms with van der Waals surface area (Å²) in [7, 11) is -0.748. The summed E-state index contributed by atoms with van der Waals surface area (Å²) in [6, 6.07) is 15.1. The zero-order chi connectivity index (χ0) is 20.3. The highest BCUT2D eigenvalue weighted by Gasteiger charge is 2.18. The van der Waals surface area contributed by atoms with Gasteiger partial charge in [0, 0.05) is 37.3 Å². The van der Waals surface area contributed by atoms with Crippen molar-refractivity contribution in [3.63, 3.8) is 0 Å². The van der Waals surface area contributed by atoms with E-state index in [4.69, 9.17) is 0 Å². The predicted molar refractivity (Wildman–Crippen MR) is 108 cm³/mol. The summed E-state index contributed by atoms with van der Waals surface area (Å²) in [5, 5.41) is 3.65. The van der Waals surface area contributed by atoms with Crippen LogP contribution in [-0.4, -0.2) is 44.3 Å². The SMILES string of the molecule is CN(C)S(=O)(=O)c1cccc(C(=O)NCCc2cc3ccccc3[nH]c2=O)c1. The molecule has 0 unspecified atom stereocenters. The third kappa shape index (κ3) is 4.13. The van der Waals surface area contributed by atoms with E-state index >= 15 is 0 Å². The number of fused-ring (bicyclic) bond motifs is 1. The molecule has 3 aromatic rings. The highest BCUT2D eigenvalue weighted by Crippen LogP contribution is 2.15. The number of rotatable bonds is 6. The molecular weight excluding hydrogens is 378 g/mol. The van der Waals surface area contributed by atoms with Crippen molar-refractivity contribution >= 4 is 26.8 Å². The van der Waals surface area contributed by atoms with Gasteiger partial charge in [0.05, 0.1) is 4.90 Å². The first-order valence-corrected chi connectivity index (χ1v) is 10.1. The Morgan fingerprint density at radius 1 is 1.07 bits per heavy atom. The second kappa shape index (κ2) is 7.95. The Bertz CT molecular complexity index is 1180. The van der Waals surface area contributed by atoms with E-state index in [2.05, 4.69) is 10.3 Å². The summed E-state index contributed by atoms with van der Waals surface area (Å²) in [6.07, 6.45) is 0.363. The van der Waals surface area contributed by atoms with Crippen LogP contribution in [0.5, 0.6) is 0 Å². The number of hydrogen-bond donors (Lipinski definition) is 2. The monoisotopic (exact) mass is 399 g/mol. The van der Waals surface area contributed by atoms with Gasteiger partial charge in [0.2, 0.25) is 10.0 Å². The molecule has 0 aliphatic carbocycles. The summed E-state index contributed by atoms with van der Waals surface area (Å²) in [6.45, 7) is 0.255. The highest BCUT2D eigenvalue weighted by molar-refractivity contribution is 7.89. The molecule has 0 aliphatic rings. The molecule has 0 radical (unpaired) electrons. The Morgan fingerprint density at radius 3 is 2.57 bits per heavy atom. The van der Waals surface area contributed by atoms with E-state index in [0.717, 1.165) is 15.2 Å². The van der Waals surface area contributed by atoms with Crippen LogP contribution in [-0.2, 0) is 16.4 Å². The zero-order valence-electron chi connectivity index (χ0n) is 15.6. The first-order valence-electron chi connectivity index (χ1n) is 8.71. The van der Waals surface area contributed by atoms with Crippen molar-refractivity contribution in [2.45, 2.75) is 11.3 Å². The Labute approximate surface area is 163 Å². The smallest absolute Gasteiger partial charge is 0.251 e. The molecule has 1 amide bonds. The van der Waals surface area contributed by atoms with Crippen LogP contribution in [0.25, 0.3) is 10.9 Å². The van der Waals surface area contributed by atoms with Crippen LogP contribution in [0.4, 0.5) is 0 Å². The topological polar surface area (TPSA) is 99.3 Å². The first kappa shape index (κ1) is 19.8. The lowest BCUT2D eigenvalue weighted by Crippen LogP contribution is -2.28. The first-order chi connectivity index (χ1) is 13.3. The lowest BCUT2D eigenvalue weighted by Gasteiger charge is -2.12. The van der Waals surface area contributed by atoms with Crippen molar-refractivity contribution in [1.29, 1.82) is 0 Å². The Kier molecular flexibility index (Phi) is 5.62. The minimum atomic E-state index is -3.61. The molecule has 2 aromatic carbocycles. The molecule has 146 valence electrons. The van der Waals surface area contributed by atoms with Crippen LogP contribution in [0, 0.1) is 0 Å². The number of aromatic amines is 1. The molecule has 0 fully saturated rings. The predicted octanol–water partition coefficient (Wildman–Crippen LogP) is 1.75. The van der Waals surface area contributed by atoms with E-state index < -0.39 is 15.9 Å². The second-order valence-corrected chi connectivity index (χ2v) is 8.68. The van der Waals surface area contributed by atoms with E-state index in [-0.39, 0.29) is 22.6 Å². The molecule has 7 nitrogen and oxygen atoms in total. The van der Waals surface area contributed by atoms with E-state index in [9.17, 15) is 18.0 Å². The van der Waals surface area contributed by atoms with Gasteiger partial charge in [-0.2, -0.15) is 0 Å². The van der Waals surface area contributed by atoms with Crippen LogP contribution in [0.1, 0.15) is 15.9 Å². The maximum atomic E-state index is 12.4. The van der Waals surface area contributed by atoms with Gasteiger partial charge in [-0.05, 0) is 42.1 Å². The third-order valence-electron chi connectivity index (χ3n) is 4.39. The van der Waals surface area contributed by atoms with Crippen molar-refractivity contribution in [3.05, 3.63) is 76.1 Å². The largest absolute Gasteiger partial charge is 0.352 e. The number of nitrogens with zero attached hydrogens (tertiary/aromatic N) is 1. The lowest BCUT2D eigenvalue weighted by molar-refractivity contribution is 0.0954. The fourth-order valence-corrected chi connectivity index (χ4v) is 3.75. The van der Waals surface area contributed by atoms with E-state index in [0.29, 0.717) is 12.0 Å². The molecule has 0 bridgehead atoms. The fraction of sp³-hybridized carbons (Fsp3) is 0.200. The van der Waals surface area contributed by atoms with Gasteiger partial charge in [0.15, 0.2) is 0 Å². The number of benzene rings is 2. The minimum absolute atomic E-state index is 0.0520. The molecule has 0 aliphatic heterocycles. The maximum absolute atomic E-state index is 12.4. The number of carbonyl (C=O) groups excluding carboxylic acids is 1. The van der Waals surface area contributed by atoms with Gasteiger partial charge < -0.3 is 10.3 Å². The van der Waals surface area contributed by atoms with E-state index in [1.165, 1.54) is 32.3 Å². The average Bonchev–Trinajstić information content (AvgIpc) is 2.68. The quantitative estimate of drug-likeness (QED) is 0.660. The van der Waals surface area contributed by atoms with Crippen LogP contribution >= 0.6 is 0 Å². The van der Waals surface area contributed by atoms with Gasteiger partial charge >= 0.3 is 0 Å². The van der Waals surface area contributed by atoms with Crippen LogP contribution in [0.3, 0.4) is 0 Å². The highest BCUT2D eigenvalue weighted by atomic mass is 32.2. The van der Waals surface area contributed by atoms with Gasteiger partial charge in [0.25, 0.3) is 11.5 Å². The number of H-pyrrole nitrogens is 1. The van der Waals surface area contributed by atoms with Crippen LogP contribution in [0.2, 0.25) is 0 Å². The zero-order valence-corrected chi connectivity index (χ0v) is 16.4. The average molecular weight is 399 g/mol. The molecule has 0 atom stereocenters. The van der Waals surface area contributed by atoms with Crippen molar-refractivity contribution in [2.24, 2.45) is 0 Å². The Balaban J connectivity index is 1.70. The molecule has 28 heavy (non-hydrogen) atoms. The van der Waals surface area contributed by atoms with Gasteiger partial charge in [-0.3, -0.25) is 9.59 Å². The number of amides is 1. The standard InChI is InChI=1S/C20H21N3O4S/c1-23(2)28(26,27)17-8-5-7-15(13-17)19(24)21-11-10-16-12-14-6-3-4-9-18(14)22-20(16)25/h3-9,12-13H,10-11H2,1-2H3,(H,21,24)(H,22,25). The van der Waals surface area contributed by atoms with Gasteiger partial charge in [0.1, 0.15) is 0 Å². The summed E-state index contributed by atoms with van der Waals surface area (Å²) in [5.41, 5.74) is 1.39. The number of sulfonamides is 1. The molecule has 8 heteroatoms. The molecule has 1 heterocycles. The molecule has 0 spiro atoms. The summed E-state index contributed by atoms with van der Waals surface area (Å²) in [4.78, 5) is 27.4. The number of nitrogens with one attached hydrogen (secondary N) is 2. The van der Waals surface area contributed by atoms with E-state index in [1.54, 1.807) is 6.07 Å². The molecular formula is C20H21N3O4S. The molecule has 3 rings (SSSR count). The Hall–Kier alpha value is -2.97. The maximum Gasteiger partial charge on any atom is 0.251 e. The molecule has 1 aromatic heterocycles. The van der Waals surface area contributed by atoms with Crippen LogP contribution < -0.4 is 10.9 Å². The third-order valence-corrected chi connectivity index (χ3v) is 6.20. The minimum Gasteiger partial charge on any atom is -0.352 e.